The Morgan fingerprint density at radius 3 is 2.87 bits per heavy atom. The number of aliphatic hydroxyl groups excluding tert-OH is 1. The van der Waals surface area contributed by atoms with Crippen LogP contribution < -0.4 is 10.6 Å². The van der Waals surface area contributed by atoms with E-state index >= 15 is 0 Å². The molecular weight excluding hydrogens is 192 g/mol. The molecule has 4 heteroatoms. The molecule has 0 spiro atoms. The summed E-state index contributed by atoms with van der Waals surface area (Å²) in [6.45, 7) is 2.93. The van der Waals surface area contributed by atoms with E-state index in [1.807, 2.05) is 6.92 Å². The second-order valence-corrected chi connectivity index (χ2v) is 4.40. The van der Waals surface area contributed by atoms with Crippen LogP contribution in [0.3, 0.4) is 0 Å². The maximum absolute atomic E-state index is 11.3. The van der Waals surface area contributed by atoms with Crippen molar-refractivity contribution in [2.45, 2.75) is 45.1 Å². The SMILES string of the molecule is CC(CCCO)NC(=O)NCCC1CC1. The van der Waals surface area contributed by atoms with Crippen LogP contribution in [-0.4, -0.2) is 30.3 Å². The van der Waals surface area contributed by atoms with Gasteiger partial charge in [0.05, 0.1) is 0 Å². The van der Waals surface area contributed by atoms with E-state index in [4.69, 9.17) is 5.11 Å². The van der Waals surface area contributed by atoms with Gasteiger partial charge < -0.3 is 15.7 Å². The number of carbonyl (C=O) groups is 1. The van der Waals surface area contributed by atoms with Crippen LogP contribution in [-0.2, 0) is 0 Å². The van der Waals surface area contributed by atoms with Crippen molar-refractivity contribution >= 4 is 6.03 Å². The van der Waals surface area contributed by atoms with E-state index in [0.29, 0.717) is 0 Å². The summed E-state index contributed by atoms with van der Waals surface area (Å²) in [5.41, 5.74) is 0. The molecule has 0 aromatic carbocycles. The molecule has 4 nitrogen and oxygen atoms in total. The van der Waals surface area contributed by atoms with Crippen molar-refractivity contribution in [1.29, 1.82) is 0 Å². The van der Waals surface area contributed by atoms with E-state index in [1.165, 1.54) is 12.8 Å². The molecule has 3 N–H and O–H groups in total. The van der Waals surface area contributed by atoms with Crippen LogP contribution in [0.25, 0.3) is 0 Å². The third-order valence-electron chi connectivity index (χ3n) is 2.71. The molecule has 0 saturated heterocycles. The summed E-state index contributed by atoms with van der Waals surface area (Å²) in [7, 11) is 0. The van der Waals surface area contributed by atoms with Crippen LogP contribution in [0, 0.1) is 5.92 Å². The summed E-state index contributed by atoms with van der Waals surface area (Å²) in [6, 6.07) is 0.0548. The van der Waals surface area contributed by atoms with Gasteiger partial charge in [-0.15, -0.1) is 0 Å². The number of nitrogens with one attached hydrogen (secondary N) is 2. The molecule has 0 bridgehead atoms. The Morgan fingerprint density at radius 2 is 2.27 bits per heavy atom. The predicted molar refractivity (Wildman–Crippen MR) is 59.7 cm³/mol. The van der Waals surface area contributed by atoms with E-state index < -0.39 is 0 Å². The van der Waals surface area contributed by atoms with Crippen molar-refractivity contribution in [3.8, 4) is 0 Å². The Bertz CT molecular complexity index is 193. The molecule has 15 heavy (non-hydrogen) atoms. The van der Waals surface area contributed by atoms with Crippen molar-refractivity contribution in [3.63, 3.8) is 0 Å². The van der Waals surface area contributed by atoms with Crippen LogP contribution in [0.1, 0.15) is 39.0 Å². The van der Waals surface area contributed by atoms with Gasteiger partial charge in [-0.05, 0) is 32.1 Å². The van der Waals surface area contributed by atoms with Gasteiger partial charge in [0.25, 0.3) is 0 Å². The summed E-state index contributed by atoms with van der Waals surface area (Å²) in [5.74, 6) is 0.858. The molecule has 1 fully saturated rings. The molecule has 1 aliphatic rings. The molecule has 0 heterocycles. The molecule has 0 aromatic rings. The molecule has 1 aliphatic carbocycles. The van der Waals surface area contributed by atoms with Crippen molar-refractivity contribution in [1.82, 2.24) is 10.6 Å². The number of aliphatic hydroxyl groups is 1. The fraction of sp³-hybridized carbons (Fsp3) is 0.909. The zero-order valence-electron chi connectivity index (χ0n) is 9.46. The van der Waals surface area contributed by atoms with Gasteiger partial charge in [-0.3, -0.25) is 0 Å². The zero-order chi connectivity index (χ0) is 11.1. The molecule has 2 amide bonds. The maximum Gasteiger partial charge on any atom is 0.314 e. The van der Waals surface area contributed by atoms with Crippen LogP contribution >= 0.6 is 0 Å². The maximum atomic E-state index is 11.3. The topological polar surface area (TPSA) is 61.4 Å². The fourth-order valence-electron chi connectivity index (χ4n) is 1.54. The van der Waals surface area contributed by atoms with Gasteiger partial charge in [-0.2, -0.15) is 0 Å². The minimum absolute atomic E-state index is 0.0823. The van der Waals surface area contributed by atoms with Gasteiger partial charge in [-0.1, -0.05) is 12.8 Å². The normalized spacial score (nSPS) is 17.2. The second-order valence-electron chi connectivity index (χ2n) is 4.40. The lowest BCUT2D eigenvalue weighted by Crippen LogP contribution is -2.41. The third-order valence-corrected chi connectivity index (χ3v) is 2.71. The van der Waals surface area contributed by atoms with E-state index in [2.05, 4.69) is 10.6 Å². The lowest BCUT2D eigenvalue weighted by molar-refractivity contribution is 0.234. The lowest BCUT2D eigenvalue weighted by atomic mass is 10.2. The van der Waals surface area contributed by atoms with E-state index in [1.54, 1.807) is 0 Å². The van der Waals surface area contributed by atoms with Gasteiger partial charge in [0.1, 0.15) is 0 Å². The summed E-state index contributed by atoms with van der Waals surface area (Å²) in [5, 5.41) is 14.3. The molecular formula is C11H22N2O2. The average molecular weight is 214 g/mol. The van der Waals surface area contributed by atoms with Crippen LogP contribution in [0.2, 0.25) is 0 Å². The first-order valence-electron chi connectivity index (χ1n) is 5.87. The van der Waals surface area contributed by atoms with Crippen LogP contribution in [0.4, 0.5) is 4.79 Å². The minimum Gasteiger partial charge on any atom is -0.396 e. The highest BCUT2D eigenvalue weighted by Crippen LogP contribution is 2.31. The highest BCUT2D eigenvalue weighted by atomic mass is 16.3. The number of amides is 2. The van der Waals surface area contributed by atoms with Gasteiger partial charge in [0.15, 0.2) is 0 Å². The number of urea groups is 1. The quantitative estimate of drug-likeness (QED) is 0.597. The minimum atomic E-state index is -0.0823. The number of hydrogen-bond acceptors (Lipinski definition) is 2. The summed E-state index contributed by atoms with van der Waals surface area (Å²) >= 11 is 0. The second kappa shape index (κ2) is 6.67. The van der Waals surface area contributed by atoms with Crippen molar-refractivity contribution < 1.29 is 9.90 Å². The van der Waals surface area contributed by atoms with E-state index in [0.717, 1.165) is 31.7 Å². The highest BCUT2D eigenvalue weighted by Gasteiger charge is 2.20. The first kappa shape index (κ1) is 12.3. The van der Waals surface area contributed by atoms with Crippen molar-refractivity contribution in [3.05, 3.63) is 0 Å². The molecule has 1 atom stereocenters. The first-order chi connectivity index (χ1) is 7.22. The largest absolute Gasteiger partial charge is 0.396 e. The smallest absolute Gasteiger partial charge is 0.314 e. The summed E-state index contributed by atoms with van der Waals surface area (Å²) in [4.78, 5) is 11.3. The fourth-order valence-corrected chi connectivity index (χ4v) is 1.54. The molecule has 0 aromatic heterocycles. The van der Waals surface area contributed by atoms with Crippen molar-refractivity contribution in [2.24, 2.45) is 5.92 Å². The van der Waals surface area contributed by atoms with E-state index in [9.17, 15) is 4.79 Å². The molecule has 88 valence electrons. The lowest BCUT2D eigenvalue weighted by Gasteiger charge is -2.13. The van der Waals surface area contributed by atoms with Gasteiger partial charge in [-0.25, -0.2) is 4.79 Å². The number of hydrogen-bond donors (Lipinski definition) is 3. The first-order valence-corrected chi connectivity index (χ1v) is 5.87. The summed E-state index contributed by atoms with van der Waals surface area (Å²) in [6.07, 6.45) is 5.33. The molecule has 1 saturated carbocycles. The Balaban J connectivity index is 1.95. The van der Waals surface area contributed by atoms with Gasteiger partial charge >= 0.3 is 6.03 Å². The average Bonchev–Trinajstić information content (AvgIpc) is 2.98. The Kier molecular flexibility index (Phi) is 5.47. The molecule has 1 unspecified atom stereocenters. The third kappa shape index (κ3) is 6.33. The van der Waals surface area contributed by atoms with Gasteiger partial charge in [0, 0.05) is 19.2 Å². The molecule has 0 radical (unpaired) electrons. The summed E-state index contributed by atoms with van der Waals surface area (Å²) < 4.78 is 0. The molecule has 0 aliphatic heterocycles. The van der Waals surface area contributed by atoms with Gasteiger partial charge in [0.2, 0.25) is 0 Å². The number of carbonyl (C=O) groups excluding carboxylic acids is 1. The monoisotopic (exact) mass is 214 g/mol. The highest BCUT2D eigenvalue weighted by molar-refractivity contribution is 5.74. The molecule has 1 rings (SSSR count). The zero-order valence-corrected chi connectivity index (χ0v) is 9.46. The Morgan fingerprint density at radius 1 is 1.53 bits per heavy atom. The van der Waals surface area contributed by atoms with Crippen LogP contribution in [0.15, 0.2) is 0 Å². The standard InChI is InChI=1S/C11H22N2O2/c1-9(3-2-8-14)13-11(15)12-7-6-10-4-5-10/h9-10,14H,2-8H2,1H3,(H2,12,13,15). The predicted octanol–water partition coefficient (Wildman–Crippen LogP) is 1.25. The Labute approximate surface area is 91.4 Å². The Hall–Kier alpha value is -0.770. The number of rotatable bonds is 7. The van der Waals surface area contributed by atoms with Crippen LogP contribution in [0.5, 0.6) is 0 Å². The van der Waals surface area contributed by atoms with E-state index in [-0.39, 0.29) is 18.7 Å². The van der Waals surface area contributed by atoms with Crippen molar-refractivity contribution in [2.75, 3.05) is 13.2 Å².